The molecule has 2 rings (SSSR count). The van der Waals surface area contributed by atoms with Crippen molar-refractivity contribution in [1.82, 2.24) is 9.78 Å². The Bertz CT molecular complexity index is 488. The molecule has 15 heavy (non-hydrogen) atoms. The molecule has 1 aliphatic rings. The number of halogens is 1. The Kier molecular flexibility index (Phi) is 2.35. The lowest BCUT2D eigenvalue weighted by molar-refractivity contribution is 0.590. The predicted molar refractivity (Wildman–Crippen MR) is 58.4 cm³/mol. The topological polar surface area (TPSA) is 52.0 Å². The van der Waals surface area contributed by atoms with E-state index in [1.165, 1.54) is 0 Å². The van der Waals surface area contributed by atoms with Crippen molar-refractivity contribution in [2.24, 2.45) is 7.05 Å². The average Bonchev–Trinajstić information content (AvgIpc) is 2.76. The Labute approximate surface area is 93.7 Å². The molecular formula is C9H13ClN2O2S. The third kappa shape index (κ3) is 1.90. The third-order valence-electron chi connectivity index (χ3n) is 2.95. The molecule has 84 valence electrons. The van der Waals surface area contributed by atoms with Crippen LogP contribution in [-0.4, -0.2) is 22.9 Å². The van der Waals surface area contributed by atoms with E-state index in [1.807, 2.05) is 20.2 Å². The summed E-state index contributed by atoms with van der Waals surface area (Å²) in [6.45, 7) is 1.88. The normalized spacial score (nSPS) is 19.1. The summed E-state index contributed by atoms with van der Waals surface area (Å²) in [7, 11) is 3.80. The van der Waals surface area contributed by atoms with Gasteiger partial charge in [-0.25, -0.2) is 8.42 Å². The molecule has 1 heterocycles. The van der Waals surface area contributed by atoms with E-state index in [4.69, 9.17) is 10.7 Å². The van der Waals surface area contributed by atoms with E-state index in [-0.39, 0.29) is 0 Å². The number of aromatic nitrogens is 2. The largest absolute Gasteiger partial charge is 0.275 e. The van der Waals surface area contributed by atoms with E-state index >= 15 is 0 Å². The summed E-state index contributed by atoms with van der Waals surface area (Å²) in [4.78, 5) is 0. The Hall–Kier alpha value is -0.550. The van der Waals surface area contributed by atoms with E-state index in [0.717, 1.165) is 11.3 Å². The number of rotatable bonds is 3. The fraction of sp³-hybridized carbons (Fsp3) is 0.667. The minimum atomic E-state index is -3.46. The van der Waals surface area contributed by atoms with E-state index in [0.29, 0.717) is 19.3 Å². The maximum Gasteiger partial charge on any atom is 0.238 e. The van der Waals surface area contributed by atoms with Gasteiger partial charge in [0.2, 0.25) is 9.05 Å². The maximum absolute atomic E-state index is 11.4. The van der Waals surface area contributed by atoms with Crippen molar-refractivity contribution in [3.05, 3.63) is 17.5 Å². The summed E-state index contributed by atoms with van der Waals surface area (Å²) in [6, 6.07) is 0. The van der Waals surface area contributed by atoms with E-state index in [9.17, 15) is 8.42 Å². The molecule has 0 unspecified atom stereocenters. The predicted octanol–water partition coefficient (Wildman–Crippen LogP) is 1.37. The van der Waals surface area contributed by atoms with Crippen LogP contribution in [0.25, 0.3) is 0 Å². The lowest BCUT2D eigenvalue weighted by atomic mass is 10.1. The summed E-state index contributed by atoms with van der Waals surface area (Å²) < 4.78 is 23.7. The molecule has 1 aromatic rings. The van der Waals surface area contributed by atoms with Gasteiger partial charge in [-0.05, 0) is 31.7 Å². The molecule has 0 amide bonds. The van der Waals surface area contributed by atoms with Gasteiger partial charge in [-0.1, -0.05) is 0 Å². The molecule has 0 radical (unpaired) electrons. The van der Waals surface area contributed by atoms with Gasteiger partial charge in [-0.15, -0.1) is 0 Å². The Balaban J connectivity index is 2.27. The van der Waals surface area contributed by atoms with E-state index in [2.05, 4.69) is 5.10 Å². The van der Waals surface area contributed by atoms with Crippen LogP contribution < -0.4 is 0 Å². The lowest BCUT2D eigenvalue weighted by Gasteiger charge is -2.09. The molecule has 1 aliphatic carbocycles. The highest BCUT2D eigenvalue weighted by molar-refractivity contribution is 8.15. The number of hydrogen-bond acceptors (Lipinski definition) is 3. The Morgan fingerprint density at radius 3 is 2.53 bits per heavy atom. The van der Waals surface area contributed by atoms with Crippen LogP contribution in [-0.2, 0) is 22.5 Å². The minimum absolute atomic E-state index is 0.485. The summed E-state index contributed by atoms with van der Waals surface area (Å²) in [6.07, 6.45) is 3.66. The van der Waals surface area contributed by atoms with Crippen LogP contribution >= 0.6 is 10.7 Å². The molecule has 0 atom stereocenters. The monoisotopic (exact) mass is 248 g/mol. The summed E-state index contributed by atoms with van der Waals surface area (Å²) in [5, 5.41) is 4.18. The molecule has 0 aliphatic heterocycles. The lowest BCUT2D eigenvalue weighted by Crippen LogP contribution is -2.21. The van der Waals surface area contributed by atoms with Crippen LogP contribution in [0, 0.1) is 6.92 Å². The molecule has 0 spiro atoms. The molecule has 1 aromatic heterocycles. The smallest absolute Gasteiger partial charge is 0.238 e. The number of aryl methyl sites for hydroxylation is 2. The maximum atomic E-state index is 11.4. The number of nitrogens with zero attached hydrogens (tertiary/aromatic N) is 2. The quantitative estimate of drug-likeness (QED) is 0.760. The molecule has 6 heteroatoms. The first-order chi connectivity index (χ1) is 6.84. The van der Waals surface area contributed by atoms with Crippen LogP contribution in [0.3, 0.4) is 0 Å². The van der Waals surface area contributed by atoms with Crippen molar-refractivity contribution in [1.29, 1.82) is 0 Å². The Morgan fingerprint density at radius 2 is 2.20 bits per heavy atom. The second-order valence-electron chi connectivity index (χ2n) is 4.21. The highest BCUT2D eigenvalue weighted by Gasteiger charge is 2.53. The second kappa shape index (κ2) is 3.22. The van der Waals surface area contributed by atoms with Gasteiger partial charge in [0, 0.05) is 23.9 Å². The van der Waals surface area contributed by atoms with Gasteiger partial charge in [-0.3, -0.25) is 4.68 Å². The molecule has 0 N–H and O–H groups in total. The first-order valence-electron chi connectivity index (χ1n) is 4.77. The molecule has 0 saturated heterocycles. The molecule has 1 fully saturated rings. The number of hydrogen-bond donors (Lipinski definition) is 0. The van der Waals surface area contributed by atoms with Crippen molar-refractivity contribution in [3.63, 3.8) is 0 Å². The molecule has 1 saturated carbocycles. The summed E-state index contributed by atoms with van der Waals surface area (Å²) in [5.74, 6) is 0. The highest BCUT2D eigenvalue weighted by Crippen LogP contribution is 2.48. The zero-order valence-corrected chi connectivity index (χ0v) is 10.3. The van der Waals surface area contributed by atoms with Gasteiger partial charge in [-0.2, -0.15) is 5.10 Å². The summed E-state index contributed by atoms with van der Waals surface area (Å²) >= 11 is 0. The first-order valence-corrected chi connectivity index (χ1v) is 7.08. The standard InChI is InChI=1S/C9H13ClN2O2S/c1-7-8(6-12(2)11-7)5-9(3-4-9)15(10,13)14/h6H,3-5H2,1-2H3. The van der Waals surface area contributed by atoms with Crippen LogP contribution in [0.1, 0.15) is 24.1 Å². The van der Waals surface area contributed by atoms with E-state index < -0.39 is 13.8 Å². The average molecular weight is 249 g/mol. The zero-order valence-electron chi connectivity index (χ0n) is 8.70. The van der Waals surface area contributed by atoms with E-state index in [1.54, 1.807) is 4.68 Å². The third-order valence-corrected chi connectivity index (χ3v) is 5.52. The summed E-state index contributed by atoms with van der Waals surface area (Å²) in [5.41, 5.74) is 1.85. The van der Waals surface area contributed by atoms with Gasteiger partial charge in [0.05, 0.1) is 10.4 Å². The fourth-order valence-corrected chi connectivity index (χ4v) is 3.36. The van der Waals surface area contributed by atoms with Gasteiger partial charge in [0.25, 0.3) is 0 Å². The molecule has 4 nitrogen and oxygen atoms in total. The van der Waals surface area contributed by atoms with Crippen molar-refractivity contribution in [2.75, 3.05) is 0 Å². The van der Waals surface area contributed by atoms with Crippen molar-refractivity contribution < 1.29 is 8.42 Å². The van der Waals surface area contributed by atoms with Crippen LogP contribution in [0.5, 0.6) is 0 Å². The van der Waals surface area contributed by atoms with Crippen LogP contribution in [0.15, 0.2) is 6.20 Å². The highest BCUT2D eigenvalue weighted by atomic mass is 35.7. The molecular weight excluding hydrogens is 236 g/mol. The van der Waals surface area contributed by atoms with Crippen molar-refractivity contribution >= 4 is 19.7 Å². The zero-order chi connectivity index (χ0) is 11.3. The van der Waals surface area contributed by atoms with Crippen LogP contribution in [0.2, 0.25) is 0 Å². The minimum Gasteiger partial charge on any atom is -0.275 e. The van der Waals surface area contributed by atoms with Gasteiger partial charge >= 0.3 is 0 Å². The van der Waals surface area contributed by atoms with Crippen molar-refractivity contribution in [2.45, 2.75) is 30.9 Å². The van der Waals surface area contributed by atoms with Crippen molar-refractivity contribution in [3.8, 4) is 0 Å². The van der Waals surface area contributed by atoms with Gasteiger partial charge in [0.15, 0.2) is 0 Å². The van der Waals surface area contributed by atoms with Gasteiger partial charge in [0.1, 0.15) is 0 Å². The van der Waals surface area contributed by atoms with Gasteiger partial charge < -0.3 is 0 Å². The van der Waals surface area contributed by atoms with Crippen LogP contribution in [0.4, 0.5) is 0 Å². The SMILES string of the molecule is Cc1nn(C)cc1CC1(S(=O)(=O)Cl)CC1. The molecule has 0 bridgehead atoms. The Morgan fingerprint density at radius 1 is 1.60 bits per heavy atom. The fourth-order valence-electron chi connectivity index (χ4n) is 1.82. The second-order valence-corrected chi connectivity index (χ2v) is 7.17. The first kappa shape index (κ1) is 11.0. The molecule has 0 aromatic carbocycles.